The molecule has 1 saturated carbocycles. The summed E-state index contributed by atoms with van der Waals surface area (Å²) >= 11 is 0. The van der Waals surface area contributed by atoms with Gasteiger partial charge in [-0.2, -0.15) is 0 Å². The zero-order valence-corrected chi connectivity index (χ0v) is 20.4. The number of aliphatic hydroxyl groups excluding tert-OH is 1. The van der Waals surface area contributed by atoms with Gasteiger partial charge in [-0.25, -0.2) is 9.78 Å². The summed E-state index contributed by atoms with van der Waals surface area (Å²) in [5.74, 6) is 0.681. The molecule has 0 radical (unpaired) electrons. The van der Waals surface area contributed by atoms with Gasteiger partial charge < -0.3 is 25.6 Å². The lowest BCUT2D eigenvalue weighted by Crippen LogP contribution is -2.52. The van der Waals surface area contributed by atoms with Crippen molar-refractivity contribution in [2.75, 3.05) is 6.54 Å². The molecule has 4 N–H and O–H groups in total. The summed E-state index contributed by atoms with van der Waals surface area (Å²) in [6.45, 7) is 6.89. The van der Waals surface area contributed by atoms with Gasteiger partial charge in [-0.1, -0.05) is 51.1 Å². The van der Waals surface area contributed by atoms with E-state index in [9.17, 15) is 15.0 Å². The van der Waals surface area contributed by atoms with E-state index < -0.39 is 18.2 Å². The van der Waals surface area contributed by atoms with Crippen LogP contribution in [-0.4, -0.2) is 45.6 Å². The Bertz CT molecular complexity index is 985. The first kappa shape index (κ1) is 24.5. The van der Waals surface area contributed by atoms with Crippen LogP contribution in [0.4, 0.5) is 4.79 Å². The fourth-order valence-electron chi connectivity index (χ4n) is 5.06. The summed E-state index contributed by atoms with van der Waals surface area (Å²) in [6.07, 6.45) is 5.21. The van der Waals surface area contributed by atoms with Crippen molar-refractivity contribution in [3.63, 3.8) is 0 Å². The van der Waals surface area contributed by atoms with Crippen molar-refractivity contribution in [2.45, 2.75) is 83.1 Å². The molecule has 1 aliphatic carbocycles. The van der Waals surface area contributed by atoms with E-state index >= 15 is 0 Å². The Labute approximate surface area is 201 Å². The highest BCUT2D eigenvalue weighted by atomic mass is 16.5. The maximum Gasteiger partial charge on any atom is 0.404 e. The van der Waals surface area contributed by atoms with E-state index in [4.69, 9.17) is 4.74 Å². The normalized spacial score (nSPS) is 20.5. The predicted octanol–water partition coefficient (Wildman–Crippen LogP) is 4.25. The Balaban J connectivity index is 1.50. The van der Waals surface area contributed by atoms with Gasteiger partial charge in [0.2, 0.25) is 5.88 Å². The van der Waals surface area contributed by atoms with Crippen molar-refractivity contribution >= 4 is 6.09 Å². The lowest BCUT2D eigenvalue weighted by molar-refractivity contribution is -0.0421. The minimum Gasteiger partial charge on any atom is -0.471 e. The molecule has 1 aromatic carbocycles. The van der Waals surface area contributed by atoms with Crippen LogP contribution in [0.1, 0.15) is 69.2 Å². The van der Waals surface area contributed by atoms with Gasteiger partial charge in [-0.15, -0.1) is 0 Å². The number of ether oxygens (including phenoxy) is 1. The number of benzene rings is 1. The summed E-state index contributed by atoms with van der Waals surface area (Å²) in [5, 5.41) is 26.3. The number of aliphatic hydroxyl groups is 1. The van der Waals surface area contributed by atoms with Crippen LogP contribution in [-0.2, 0) is 12.8 Å². The summed E-state index contributed by atoms with van der Waals surface area (Å²) in [4.78, 5) is 16.1. The maximum absolute atomic E-state index is 11.4. The lowest BCUT2D eigenvalue weighted by Gasteiger charge is -2.47. The molecule has 1 spiro atoms. The summed E-state index contributed by atoms with van der Waals surface area (Å²) in [7, 11) is 0. The summed E-state index contributed by atoms with van der Waals surface area (Å²) in [5.41, 5.74) is 3.13. The van der Waals surface area contributed by atoms with Crippen LogP contribution in [0.3, 0.4) is 0 Å². The lowest BCUT2D eigenvalue weighted by atomic mass is 9.73. The zero-order chi connectivity index (χ0) is 24.3. The summed E-state index contributed by atoms with van der Waals surface area (Å²) in [6, 6.07) is 11.2. The average molecular weight is 468 g/mol. The van der Waals surface area contributed by atoms with Crippen LogP contribution in [0.25, 0.3) is 0 Å². The van der Waals surface area contributed by atoms with Gasteiger partial charge in [0.25, 0.3) is 0 Å². The van der Waals surface area contributed by atoms with Gasteiger partial charge in [0.15, 0.2) is 0 Å². The Morgan fingerprint density at radius 3 is 2.59 bits per heavy atom. The highest BCUT2D eigenvalue weighted by molar-refractivity contribution is 5.65. The fourth-order valence-corrected chi connectivity index (χ4v) is 5.06. The van der Waals surface area contributed by atoms with Gasteiger partial charge in [-0.3, -0.25) is 0 Å². The standard InChI is InChI=1S/C27H37N3O4/c1-26(2,3)14-19-12-20-22(15-27(10-7-11-27)34-24(20)29-16-19)28-17-23(31)21(30-25(32)33)13-18-8-5-4-6-9-18/h4-6,8-9,12,16,21-23,28,30-31H,7,10-11,13-15,17H2,1-3H3,(H,32,33)/t21-,22-,23+/m0/s1. The minimum atomic E-state index is -1.14. The van der Waals surface area contributed by atoms with Crippen LogP contribution in [0.2, 0.25) is 0 Å². The number of hydrogen-bond acceptors (Lipinski definition) is 5. The van der Waals surface area contributed by atoms with Gasteiger partial charge in [0.05, 0.1) is 12.1 Å². The molecule has 1 amide bonds. The van der Waals surface area contributed by atoms with Crippen molar-refractivity contribution < 1.29 is 19.7 Å². The molecule has 0 unspecified atom stereocenters. The molecule has 34 heavy (non-hydrogen) atoms. The largest absolute Gasteiger partial charge is 0.471 e. The van der Waals surface area contributed by atoms with Crippen LogP contribution >= 0.6 is 0 Å². The second kappa shape index (κ2) is 9.92. The van der Waals surface area contributed by atoms with Crippen molar-refractivity contribution in [3.8, 4) is 5.88 Å². The molecule has 2 heterocycles. The van der Waals surface area contributed by atoms with Gasteiger partial charge in [-0.05, 0) is 54.7 Å². The number of nitrogens with zero attached hydrogens (tertiary/aromatic N) is 1. The van der Waals surface area contributed by atoms with Crippen LogP contribution in [0.5, 0.6) is 5.88 Å². The van der Waals surface area contributed by atoms with Gasteiger partial charge in [0, 0.05) is 30.8 Å². The van der Waals surface area contributed by atoms with Crippen molar-refractivity contribution in [1.82, 2.24) is 15.6 Å². The molecule has 7 nitrogen and oxygen atoms in total. The third kappa shape index (κ3) is 6.07. The highest BCUT2D eigenvalue weighted by Crippen LogP contribution is 2.48. The average Bonchev–Trinajstić information content (AvgIpc) is 2.75. The number of carbonyl (C=O) groups is 1. The van der Waals surface area contributed by atoms with E-state index in [-0.39, 0.29) is 23.6 Å². The molecule has 4 rings (SSSR count). The maximum atomic E-state index is 11.4. The number of pyridine rings is 1. The van der Waals surface area contributed by atoms with E-state index in [2.05, 4.69) is 42.5 Å². The molecule has 1 aromatic heterocycles. The minimum absolute atomic E-state index is 0.00618. The van der Waals surface area contributed by atoms with E-state index in [1.807, 2.05) is 36.5 Å². The summed E-state index contributed by atoms with van der Waals surface area (Å²) < 4.78 is 6.35. The van der Waals surface area contributed by atoms with Gasteiger partial charge >= 0.3 is 6.09 Å². The molecule has 1 aliphatic heterocycles. The second-order valence-corrected chi connectivity index (χ2v) is 11.1. The third-order valence-electron chi connectivity index (χ3n) is 6.84. The molecule has 1 fully saturated rings. The highest BCUT2D eigenvalue weighted by Gasteiger charge is 2.46. The molecule has 0 saturated heterocycles. The van der Waals surface area contributed by atoms with Crippen LogP contribution < -0.4 is 15.4 Å². The number of nitrogens with one attached hydrogen (secondary N) is 2. The number of hydrogen-bond donors (Lipinski definition) is 4. The Morgan fingerprint density at radius 1 is 1.24 bits per heavy atom. The number of amides is 1. The number of carboxylic acid groups (broad SMARTS) is 1. The Hall–Kier alpha value is -2.64. The molecular formula is C27H37N3O4. The van der Waals surface area contributed by atoms with Crippen molar-refractivity contribution in [3.05, 3.63) is 59.3 Å². The topological polar surface area (TPSA) is 104 Å². The first-order valence-corrected chi connectivity index (χ1v) is 12.3. The smallest absolute Gasteiger partial charge is 0.404 e. The number of fused-ring (bicyclic) bond motifs is 1. The number of rotatable bonds is 8. The van der Waals surface area contributed by atoms with E-state index in [1.54, 1.807) is 0 Å². The second-order valence-electron chi connectivity index (χ2n) is 11.1. The molecule has 7 heteroatoms. The number of aromatic nitrogens is 1. The Morgan fingerprint density at radius 2 is 1.97 bits per heavy atom. The monoisotopic (exact) mass is 467 g/mol. The predicted molar refractivity (Wildman–Crippen MR) is 131 cm³/mol. The first-order chi connectivity index (χ1) is 16.1. The molecule has 3 atom stereocenters. The van der Waals surface area contributed by atoms with Gasteiger partial charge in [0.1, 0.15) is 5.60 Å². The van der Waals surface area contributed by atoms with E-state index in [0.717, 1.165) is 43.2 Å². The van der Waals surface area contributed by atoms with Crippen molar-refractivity contribution in [1.29, 1.82) is 0 Å². The van der Waals surface area contributed by atoms with E-state index in [0.29, 0.717) is 12.3 Å². The Kier molecular flexibility index (Phi) is 7.14. The first-order valence-electron chi connectivity index (χ1n) is 12.3. The molecule has 0 bridgehead atoms. The van der Waals surface area contributed by atoms with Crippen molar-refractivity contribution in [2.24, 2.45) is 5.41 Å². The fraction of sp³-hybridized carbons (Fsp3) is 0.556. The zero-order valence-electron chi connectivity index (χ0n) is 20.4. The SMILES string of the molecule is CC(C)(C)Cc1cnc2c(c1)[C@@H](NC[C@@H](O)[C@H](Cc1ccccc1)NC(=O)O)CC1(CCC1)O2. The van der Waals surface area contributed by atoms with E-state index in [1.165, 1.54) is 5.56 Å². The van der Waals surface area contributed by atoms with Crippen LogP contribution in [0, 0.1) is 5.41 Å². The molecule has 2 aliphatic rings. The molecule has 2 aromatic rings. The third-order valence-corrected chi connectivity index (χ3v) is 6.84. The quantitative estimate of drug-likeness (QED) is 0.463. The molecule has 184 valence electrons. The molecular weight excluding hydrogens is 430 g/mol. The van der Waals surface area contributed by atoms with Crippen LogP contribution in [0.15, 0.2) is 42.6 Å².